The standard InChI is InChI=1S/C60H41N3/c1-3-14-40(15-4-1)41-28-31-47(32-29-41)61(49-33-35-58-55(39-49)51-23-8-9-26-56(51)62(58)46-19-5-2-6-20-46)48-21-12-18-44(37-48)42-16-11-17-43(36-42)45-30-34-52-54-25-13-24-53-50-22-7-10-27-57(50)63(60(53)54)59(52)38-45/h1-35,37-39,43H,36H2. The van der Waals surface area contributed by atoms with E-state index >= 15 is 0 Å². The fourth-order valence-corrected chi connectivity index (χ4v) is 10.5. The van der Waals surface area contributed by atoms with Crippen molar-refractivity contribution in [1.29, 1.82) is 0 Å². The Labute approximate surface area is 365 Å². The van der Waals surface area contributed by atoms with E-state index in [4.69, 9.17) is 0 Å². The molecule has 3 nitrogen and oxygen atoms in total. The van der Waals surface area contributed by atoms with Gasteiger partial charge in [0.25, 0.3) is 0 Å². The number of anilines is 3. The third-order valence-corrected chi connectivity index (χ3v) is 13.4. The molecule has 0 spiro atoms. The van der Waals surface area contributed by atoms with E-state index in [9.17, 15) is 0 Å². The summed E-state index contributed by atoms with van der Waals surface area (Å²) in [6.45, 7) is 0. The molecule has 0 N–H and O–H groups in total. The summed E-state index contributed by atoms with van der Waals surface area (Å²) in [5.74, 6) is 0.256. The lowest BCUT2D eigenvalue weighted by Crippen LogP contribution is -2.10. The number of para-hydroxylation sites is 4. The van der Waals surface area contributed by atoms with Crippen LogP contribution in [0.3, 0.4) is 0 Å². The van der Waals surface area contributed by atoms with Crippen LogP contribution in [0.4, 0.5) is 17.1 Å². The lowest BCUT2D eigenvalue weighted by Gasteiger charge is -2.27. The number of fused-ring (bicyclic) bond motifs is 9. The molecule has 0 saturated carbocycles. The molecule has 13 rings (SSSR count). The SMILES string of the molecule is C1=CC(c2ccc3c4cccc5c6ccccc6n(c3c2)c54)CC(c2cccc(N(c3ccc(-c4ccccc4)cc3)c3ccc4c(c3)c3ccccc3n4-c3ccccc3)c2)=C1. The van der Waals surface area contributed by atoms with Crippen LogP contribution in [0.25, 0.3) is 82.3 Å². The summed E-state index contributed by atoms with van der Waals surface area (Å²) in [4.78, 5) is 2.42. The smallest absolute Gasteiger partial charge is 0.0620 e. The van der Waals surface area contributed by atoms with Crippen LogP contribution in [-0.4, -0.2) is 8.97 Å². The second-order valence-electron chi connectivity index (χ2n) is 16.9. The normalized spacial score (nSPS) is 14.2. The van der Waals surface area contributed by atoms with Crippen LogP contribution < -0.4 is 4.90 Å². The third kappa shape index (κ3) is 5.67. The minimum atomic E-state index is 0.256. The summed E-state index contributed by atoms with van der Waals surface area (Å²) in [7, 11) is 0. The highest BCUT2D eigenvalue weighted by atomic mass is 15.1. The number of nitrogens with zero attached hydrogens (tertiary/aromatic N) is 3. The average Bonchev–Trinajstić information content (AvgIpc) is 4.00. The molecule has 0 bridgehead atoms. The van der Waals surface area contributed by atoms with Crippen LogP contribution in [0.15, 0.2) is 231 Å². The number of rotatable bonds is 7. The predicted molar refractivity (Wildman–Crippen MR) is 266 cm³/mol. The number of hydrogen-bond donors (Lipinski definition) is 0. The Hall–Kier alpha value is -8.14. The molecule has 296 valence electrons. The first-order chi connectivity index (χ1) is 31.2. The molecule has 12 aromatic rings. The Kier molecular flexibility index (Phi) is 8.04. The summed E-state index contributed by atoms with van der Waals surface area (Å²) < 4.78 is 4.87. The van der Waals surface area contributed by atoms with Gasteiger partial charge in [0, 0.05) is 61.0 Å². The maximum absolute atomic E-state index is 2.49. The van der Waals surface area contributed by atoms with Crippen molar-refractivity contribution in [3.05, 3.63) is 242 Å². The van der Waals surface area contributed by atoms with Crippen molar-refractivity contribution >= 4 is 82.5 Å². The first kappa shape index (κ1) is 35.6. The Morgan fingerprint density at radius 3 is 1.81 bits per heavy atom. The van der Waals surface area contributed by atoms with Crippen molar-refractivity contribution in [1.82, 2.24) is 8.97 Å². The molecular formula is C60H41N3. The maximum atomic E-state index is 2.49. The van der Waals surface area contributed by atoms with Gasteiger partial charge in [0.2, 0.25) is 0 Å². The largest absolute Gasteiger partial charge is 0.310 e. The topological polar surface area (TPSA) is 12.6 Å². The van der Waals surface area contributed by atoms with Crippen molar-refractivity contribution in [3.63, 3.8) is 0 Å². The molecule has 0 fully saturated rings. The van der Waals surface area contributed by atoms with Gasteiger partial charge in [-0.05, 0) is 107 Å². The van der Waals surface area contributed by atoms with E-state index in [-0.39, 0.29) is 5.92 Å². The fraction of sp³-hybridized carbons (Fsp3) is 0.0333. The highest BCUT2D eigenvalue weighted by molar-refractivity contribution is 6.23. The first-order valence-electron chi connectivity index (χ1n) is 21.9. The molecule has 0 amide bonds. The monoisotopic (exact) mass is 803 g/mol. The number of hydrogen-bond acceptors (Lipinski definition) is 1. The molecule has 1 atom stereocenters. The molecule has 0 radical (unpaired) electrons. The predicted octanol–water partition coefficient (Wildman–Crippen LogP) is 16.2. The molecule has 63 heavy (non-hydrogen) atoms. The van der Waals surface area contributed by atoms with Crippen LogP contribution in [0.1, 0.15) is 23.5 Å². The zero-order valence-corrected chi connectivity index (χ0v) is 34.6. The fourth-order valence-electron chi connectivity index (χ4n) is 10.5. The Morgan fingerprint density at radius 1 is 0.397 bits per heavy atom. The number of aromatic nitrogens is 2. The average molecular weight is 804 g/mol. The highest BCUT2D eigenvalue weighted by Gasteiger charge is 2.22. The first-order valence-corrected chi connectivity index (χ1v) is 21.9. The number of benzene rings is 9. The van der Waals surface area contributed by atoms with Crippen LogP contribution in [0.5, 0.6) is 0 Å². The lowest BCUT2D eigenvalue weighted by atomic mass is 9.85. The minimum absolute atomic E-state index is 0.256. The minimum Gasteiger partial charge on any atom is -0.310 e. The van der Waals surface area contributed by atoms with Crippen molar-refractivity contribution in [2.75, 3.05) is 4.90 Å². The molecule has 9 aromatic carbocycles. The Morgan fingerprint density at radius 2 is 1.00 bits per heavy atom. The molecular weight excluding hydrogens is 763 g/mol. The van der Waals surface area contributed by atoms with Crippen LogP contribution in [0.2, 0.25) is 0 Å². The summed E-state index contributed by atoms with van der Waals surface area (Å²) in [5.41, 5.74) is 17.1. The zero-order valence-electron chi connectivity index (χ0n) is 34.6. The van der Waals surface area contributed by atoms with Gasteiger partial charge in [0.1, 0.15) is 0 Å². The third-order valence-electron chi connectivity index (χ3n) is 13.4. The van der Waals surface area contributed by atoms with Gasteiger partial charge in [0.15, 0.2) is 0 Å². The summed E-state index contributed by atoms with van der Waals surface area (Å²) in [5, 5.41) is 7.73. The summed E-state index contributed by atoms with van der Waals surface area (Å²) >= 11 is 0. The van der Waals surface area contributed by atoms with Gasteiger partial charge in [-0.3, -0.25) is 0 Å². The van der Waals surface area contributed by atoms with Gasteiger partial charge in [-0.15, -0.1) is 0 Å². The van der Waals surface area contributed by atoms with Crippen molar-refractivity contribution in [2.24, 2.45) is 0 Å². The molecule has 0 saturated heterocycles. The summed E-state index contributed by atoms with van der Waals surface area (Å²) in [6.07, 6.45) is 7.87. The van der Waals surface area contributed by atoms with Crippen molar-refractivity contribution in [2.45, 2.75) is 12.3 Å². The second kappa shape index (κ2) is 14.2. The van der Waals surface area contributed by atoms with Gasteiger partial charge >= 0.3 is 0 Å². The second-order valence-corrected chi connectivity index (χ2v) is 16.9. The van der Waals surface area contributed by atoms with Gasteiger partial charge in [-0.1, -0.05) is 158 Å². The van der Waals surface area contributed by atoms with Crippen LogP contribution in [0, 0.1) is 0 Å². The molecule has 3 heterocycles. The van der Waals surface area contributed by atoms with Crippen molar-refractivity contribution < 1.29 is 0 Å². The quantitative estimate of drug-likeness (QED) is 0.156. The highest BCUT2D eigenvalue weighted by Crippen LogP contribution is 2.44. The maximum Gasteiger partial charge on any atom is 0.0620 e. The molecule has 3 aromatic heterocycles. The van der Waals surface area contributed by atoms with Crippen LogP contribution in [-0.2, 0) is 0 Å². The van der Waals surface area contributed by atoms with E-state index in [1.54, 1.807) is 0 Å². The van der Waals surface area contributed by atoms with E-state index in [2.05, 4.69) is 244 Å². The Balaban J connectivity index is 0.902. The molecule has 1 unspecified atom stereocenters. The van der Waals surface area contributed by atoms with Gasteiger partial charge in [0.05, 0.1) is 27.6 Å². The Bertz CT molecular complexity index is 3760. The van der Waals surface area contributed by atoms with E-state index in [0.717, 1.165) is 29.2 Å². The van der Waals surface area contributed by atoms with E-state index in [1.165, 1.54) is 87.7 Å². The van der Waals surface area contributed by atoms with E-state index < -0.39 is 0 Å². The molecule has 3 heteroatoms. The summed E-state index contributed by atoms with van der Waals surface area (Å²) in [6, 6.07) is 77.9. The van der Waals surface area contributed by atoms with E-state index in [1.807, 2.05) is 0 Å². The zero-order chi connectivity index (χ0) is 41.4. The number of allylic oxidation sites excluding steroid dienone is 4. The molecule has 0 aliphatic heterocycles. The van der Waals surface area contributed by atoms with Crippen LogP contribution >= 0.6 is 0 Å². The van der Waals surface area contributed by atoms with E-state index in [0.29, 0.717) is 0 Å². The van der Waals surface area contributed by atoms with Gasteiger partial charge < -0.3 is 13.9 Å². The van der Waals surface area contributed by atoms with Gasteiger partial charge in [-0.25, -0.2) is 0 Å². The molecule has 1 aliphatic rings. The van der Waals surface area contributed by atoms with Crippen molar-refractivity contribution in [3.8, 4) is 16.8 Å². The molecule has 1 aliphatic carbocycles. The lowest BCUT2D eigenvalue weighted by molar-refractivity contribution is 0.869. The van der Waals surface area contributed by atoms with Gasteiger partial charge in [-0.2, -0.15) is 0 Å².